The smallest absolute Gasteiger partial charge is 0.246 e. The molecule has 0 fully saturated rings. The summed E-state index contributed by atoms with van der Waals surface area (Å²) in [7, 11) is 0. The summed E-state index contributed by atoms with van der Waals surface area (Å²) in [5.74, 6) is -4.53. The maximum atomic E-state index is 13.5. The summed E-state index contributed by atoms with van der Waals surface area (Å²) < 4.78 is 39.4. The van der Waals surface area contributed by atoms with Crippen molar-refractivity contribution in [2.75, 3.05) is 25.0 Å². The number of anilines is 1. The van der Waals surface area contributed by atoms with Gasteiger partial charge in [0.2, 0.25) is 5.91 Å². The average molecular weight is 472 g/mol. The Morgan fingerprint density at radius 1 is 1.08 bits per heavy atom. The van der Waals surface area contributed by atoms with Crippen molar-refractivity contribution in [2.45, 2.75) is 33.1 Å². The van der Waals surface area contributed by atoms with Gasteiger partial charge in [0, 0.05) is 13.1 Å². The van der Waals surface area contributed by atoms with Crippen molar-refractivity contribution in [3.63, 3.8) is 0 Å². The van der Waals surface area contributed by atoms with Gasteiger partial charge in [-0.15, -0.1) is 24.0 Å². The van der Waals surface area contributed by atoms with E-state index in [4.69, 9.17) is 0 Å². The molecule has 0 spiro atoms. The quantitative estimate of drug-likeness (QED) is 0.179. The number of guanidine groups is 1. The number of hydrogen-bond acceptors (Lipinski definition) is 2. The number of nitrogens with zero attached hydrogens (tertiary/aromatic N) is 1. The highest BCUT2D eigenvalue weighted by molar-refractivity contribution is 14.0. The molecule has 1 aromatic carbocycles. The fourth-order valence-electron chi connectivity index (χ4n) is 1.89. The molecule has 0 saturated heterocycles. The average Bonchev–Trinajstić information content (AvgIpc) is 2.57. The van der Waals surface area contributed by atoms with E-state index in [1.807, 2.05) is 6.92 Å². The third-order valence-electron chi connectivity index (χ3n) is 3.11. The first kappa shape index (κ1) is 23.5. The lowest BCUT2D eigenvalue weighted by Crippen LogP contribution is -2.38. The summed E-state index contributed by atoms with van der Waals surface area (Å²) in [6.45, 7) is 5.06. The summed E-state index contributed by atoms with van der Waals surface area (Å²) in [5.41, 5.74) is -0.421. The molecule has 0 aliphatic heterocycles. The zero-order chi connectivity index (χ0) is 17.9. The Morgan fingerprint density at radius 3 is 2.44 bits per heavy atom. The van der Waals surface area contributed by atoms with Gasteiger partial charge in [-0.2, -0.15) is 0 Å². The lowest BCUT2D eigenvalue weighted by atomic mass is 10.2. The van der Waals surface area contributed by atoms with Crippen LogP contribution in [0.4, 0.5) is 18.9 Å². The lowest BCUT2D eigenvalue weighted by molar-refractivity contribution is -0.114. The summed E-state index contributed by atoms with van der Waals surface area (Å²) in [4.78, 5) is 15.9. The Kier molecular flexibility index (Phi) is 12.0. The van der Waals surface area contributed by atoms with Crippen LogP contribution in [0.2, 0.25) is 0 Å². The SMILES string of the molecule is CCCCCNC(=NCC(=O)Nc1ccc(F)c(F)c1F)NCC.I. The minimum Gasteiger partial charge on any atom is -0.357 e. The van der Waals surface area contributed by atoms with Crippen LogP contribution in [0.3, 0.4) is 0 Å². The fourth-order valence-corrected chi connectivity index (χ4v) is 1.89. The minimum absolute atomic E-state index is 0. The number of hydrogen-bond donors (Lipinski definition) is 3. The van der Waals surface area contributed by atoms with E-state index in [1.165, 1.54) is 0 Å². The predicted octanol–water partition coefficient (Wildman–Crippen LogP) is 3.41. The van der Waals surface area contributed by atoms with Crippen molar-refractivity contribution in [3.05, 3.63) is 29.6 Å². The van der Waals surface area contributed by atoms with E-state index in [-0.39, 0.29) is 30.5 Å². The van der Waals surface area contributed by atoms with Gasteiger partial charge in [-0.1, -0.05) is 19.8 Å². The number of benzene rings is 1. The molecule has 25 heavy (non-hydrogen) atoms. The second kappa shape index (κ2) is 12.8. The van der Waals surface area contributed by atoms with E-state index in [0.717, 1.165) is 37.9 Å². The largest absolute Gasteiger partial charge is 0.357 e. The molecule has 0 aliphatic rings. The molecule has 9 heteroatoms. The molecule has 3 N–H and O–H groups in total. The maximum Gasteiger partial charge on any atom is 0.246 e. The Morgan fingerprint density at radius 2 is 1.80 bits per heavy atom. The van der Waals surface area contributed by atoms with E-state index in [2.05, 4.69) is 27.9 Å². The highest BCUT2D eigenvalue weighted by Crippen LogP contribution is 2.19. The highest BCUT2D eigenvalue weighted by Gasteiger charge is 2.15. The molecule has 1 rings (SSSR count). The predicted molar refractivity (Wildman–Crippen MR) is 104 cm³/mol. The zero-order valence-corrected chi connectivity index (χ0v) is 16.6. The molecular weight excluding hydrogens is 448 g/mol. The summed E-state index contributed by atoms with van der Waals surface area (Å²) in [6, 6.07) is 1.71. The van der Waals surface area contributed by atoms with Crippen LogP contribution < -0.4 is 16.0 Å². The van der Waals surface area contributed by atoms with Crippen molar-refractivity contribution in [1.29, 1.82) is 0 Å². The first-order chi connectivity index (χ1) is 11.5. The summed E-state index contributed by atoms with van der Waals surface area (Å²) in [6.07, 6.45) is 3.16. The molecular formula is C16H24F3IN4O. The number of nitrogens with one attached hydrogen (secondary N) is 3. The monoisotopic (exact) mass is 472 g/mol. The molecule has 0 aliphatic carbocycles. The standard InChI is InChI=1S/C16H23F3N4O.HI/c1-3-5-6-9-21-16(20-4-2)22-10-13(24)23-12-8-7-11(17)14(18)15(12)19;/h7-8H,3-6,9-10H2,1-2H3,(H,23,24)(H2,20,21,22);1H. The number of rotatable bonds is 8. The highest BCUT2D eigenvalue weighted by atomic mass is 127. The third-order valence-corrected chi connectivity index (χ3v) is 3.11. The Labute approximate surface area is 162 Å². The van der Waals surface area contributed by atoms with Crippen molar-refractivity contribution in [3.8, 4) is 0 Å². The van der Waals surface area contributed by atoms with Gasteiger partial charge in [0.25, 0.3) is 0 Å². The molecule has 0 saturated carbocycles. The van der Waals surface area contributed by atoms with E-state index in [1.54, 1.807) is 0 Å². The van der Waals surface area contributed by atoms with Crippen LogP contribution in [0.25, 0.3) is 0 Å². The van der Waals surface area contributed by atoms with Gasteiger partial charge in [0.1, 0.15) is 6.54 Å². The number of unbranched alkanes of at least 4 members (excludes halogenated alkanes) is 2. The van der Waals surface area contributed by atoms with Crippen LogP contribution in [-0.4, -0.2) is 31.5 Å². The van der Waals surface area contributed by atoms with Crippen LogP contribution >= 0.6 is 24.0 Å². The van der Waals surface area contributed by atoms with E-state index in [0.29, 0.717) is 12.5 Å². The Bertz CT molecular complexity index is 585. The minimum atomic E-state index is -1.62. The number of amides is 1. The van der Waals surface area contributed by atoms with E-state index >= 15 is 0 Å². The molecule has 142 valence electrons. The number of carbonyl (C=O) groups is 1. The first-order valence-corrected chi connectivity index (χ1v) is 7.95. The lowest BCUT2D eigenvalue weighted by Gasteiger charge is -2.11. The molecule has 0 heterocycles. The van der Waals surface area contributed by atoms with Gasteiger partial charge in [-0.3, -0.25) is 4.79 Å². The second-order valence-corrected chi connectivity index (χ2v) is 5.10. The molecule has 0 radical (unpaired) electrons. The van der Waals surface area contributed by atoms with Crippen molar-refractivity contribution in [2.24, 2.45) is 4.99 Å². The van der Waals surface area contributed by atoms with Crippen molar-refractivity contribution >= 4 is 41.5 Å². The zero-order valence-electron chi connectivity index (χ0n) is 14.3. The number of halogens is 4. The normalized spacial score (nSPS) is 10.8. The Balaban J connectivity index is 0.00000576. The van der Waals surface area contributed by atoms with Gasteiger partial charge in [-0.05, 0) is 25.5 Å². The number of aliphatic imine (C=N–C) groups is 1. The van der Waals surface area contributed by atoms with Crippen molar-refractivity contribution < 1.29 is 18.0 Å². The molecule has 0 unspecified atom stereocenters. The summed E-state index contributed by atoms with van der Waals surface area (Å²) in [5, 5.41) is 8.23. The van der Waals surface area contributed by atoms with Crippen LogP contribution in [0.1, 0.15) is 33.1 Å². The summed E-state index contributed by atoms with van der Waals surface area (Å²) >= 11 is 0. The molecule has 1 amide bonds. The third kappa shape index (κ3) is 8.41. The molecule has 5 nitrogen and oxygen atoms in total. The van der Waals surface area contributed by atoms with Crippen LogP contribution in [0, 0.1) is 17.5 Å². The van der Waals surface area contributed by atoms with E-state index < -0.39 is 29.0 Å². The van der Waals surface area contributed by atoms with Gasteiger partial charge < -0.3 is 16.0 Å². The molecule has 0 aromatic heterocycles. The number of carbonyl (C=O) groups excluding carboxylic acids is 1. The Hall–Kier alpha value is -1.52. The van der Waals surface area contributed by atoms with Crippen molar-refractivity contribution in [1.82, 2.24) is 10.6 Å². The van der Waals surface area contributed by atoms with E-state index in [9.17, 15) is 18.0 Å². The van der Waals surface area contributed by atoms with Crippen LogP contribution in [0.5, 0.6) is 0 Å². The molecule has 0 atom stereocenters. The first-order valence-electron chi connectivity index (χ1n) is 7.95. The van der Waals surface area contributed by atoms with Gasteiger partial charge >= 0.3 is 0 Å². The second-order valence-electron chi connectivity index (χ2n) is 5.10. The maximum absolute atomic E-state index is 13.5. The fraction of sp³-hybridized carbons (Fsp3) is 0.500. The molecule has 1 aromatic rings. The van der Waals surface area contributed by atoms with Crippen LogP contribution in [-0.2, 0) is 4.79 Å². The van der Waals surface area contributed by atoms with Gasteiger partial charge in [0.05, 0.1) is 5.69 Å². The van der Waals surface area contributed by atoms with Crippen LogP contribution in [0.15, 0.2) is 17.1 Å². The molecule has 0 bridgehead atoms. The van der Waals surface area contributed by atoms with Gasteiger partial charge in [0.15, 0.2) is 23.4 Å². The topological polar surface area (TPSA) is 65.5 Å². The van der Waals surface area contributed by atoms with Gasteiger partial charge in [-0.25, -0.2) is 18.2 Å².